The van der Waals surface area contributed by atoms with Gasteiger partial charge in [-0.15, -0.1) is 0 Å². The van der Waals surface area contributed by atoms with Gasteiger partial charge in [0.2, 0.25) is 0 Å². The number of fused-ring (bicyclic) bond motifs is 1. The van der Waals surface area contributed by atoms with Gasteiger partial charge in [0.15, 0.2) is 0 Å². The minimum absolute atomic E-state index is 0.416. The first-order valence-corrected chi connectivity index (χ1v) is 5.38. The third kappa shape index (κ3) is 1.65. The minimum Gasteiger partial charge on any atom is -0.389 e. The van der Waals surface area contributed by atoms with E-state index in [-0.39, 0.29) is 0 Å². The summed E-state index contributed by atoms with van der Waals surface area (Å²) in [6.07, 6.45) is 1.67. The van der Waals surface area contributed by atoms with E-state index >= 15 is 0 Å². The van der Waals surface area contributed by atoms with Crippen LogP contribution in [0.25, 0.3) is 10.9 Å². The van der Waals surface area contributed by atoms with E-state index in [0.717, 1.165) is 11.1 Å². The van der Waals surface area contributed by atoms with Crippen LogP contribution in [-0.4, -0.2) is 9.67 Å². The van der Waals surface area contributed by atoms with Crippen LogP contribution in [0, 0.1) is 0 Å². The Labute approximate surface area is 90.2 Å². The van der Waals surface area contributed by atoms with E-state index in [9.17, 15) is 5.11 Å². The number of aliphatic hydroxyl groups is 1. The predicted molar refractivity (Wildman–Crippen MR) is 63.0 cm³/mol. The Kier molecular flexibility index (Phi) is 2.53. The number of para-hydroxylation sites is 1. The van der Waals surface area contributed by atoms with Gasteiger partial charge in [-0.3, -0.25) is 0 Å². The van der Waals surface area contributed by atoms with Crippen molar-refractivity contribution in [2.45, 2.75) is 32.9 Å². The lowest BCUT2D eigenvalue weighted by atomic mass is 10.1. The summed E-state index contributed by atoms with van der Waals surface area (Å²) >= 11 is 0. The molecule has 1 aromatic heterocycles. The second kappa shape index (κ2) is 3.70. The van der Waals surface area contributed by atoms with Crippen LogP contribution in [0.2, 0.25) is 0 Å². The predicted octanol–water partition coefficient (Wildman–Crippen LogP) is 3.28. The third-order valence-corrected chi connectivity index (χ3v) is 2.78. The van der Waals surface area contributed by atoms with Gasteiger partial charge in [0.25, 0.3) is 0 Å². The fourth-order valence-corrected chi connectivity index (χ4v) is 2.02. The molecule has 80 valence electrons. The molecule has 0 bridgehead atoms. The van der Waals surface area contributed by atoms with Crippen molar-refractivity contribution < 1.29 is 5.11 Å². The lowest BCUT2D eigenvalue weighted by Gasteiger charge is -2.14. The molecule has 2 heteroatoms. The van der Waals surface area contributed by atoms with Crippen molar-refractivity contribution in [1.82, 2.24) is 4.57 Å². The van der Waals surface area contributed by atoms with Crippen LogP contribution >= 0.6 is 0 Å². The second-order valence-corrected chi connectivity index (χ2v) is 4.28. The van der Waals surface area contributed by atoms with Gasteiger partial charge in [0.05, 0.1) is 11.6 Å². The first-order valence-electron chi connectivity index (χ1n) is 5.38. The highest BCUT2D eigenvalue weighted by atomic mass is 16.3. The summed E-state index contributed by atoms with van der Waals surface area (Å²) in [7, 11) is 0. The van der Waals surface area contributed by atoms with Crippen LogP contribution < -0.4 is 0 Å². The van der Waals surface area contributed by atoms with E-state index < -0.39 is 6.10 Å². The lowest BCUT2D eigenvalue weighted by Crippen LogP contribution is -2.02. The highest BCUT2D eigenvalue weighted by Crippen LogP contribution is 2.27. The molecule has 1 aromatic carbocycles. The Hall–Kier alpha value is -1.28. The monoisotopic (exact) mass is 203 g/mol. The van der Waals surface area contributed by atoms with E-state index in [1.165, 1.54) is 5.39 Å². The molecule has 0 amide bonds. The molecule has 1 N–H and O–H groups in total. The highest BCUT2D eigenvalue weighted by Gasteiger charge is 2.11. The SMILES string of the molecule is CC(O)c1cccc2ccn(C(C)C)c12. The maximum absolute atomic E-state index is 9.73. The van der Waals surface area contributed by atoms with E-state index in [0.29, 0.717) is 6.04 Å². The van der Waals surface area contributed by atoms with Crippen LogP contribution in [0.15, 0.2) is 30.5 Å². The van der Waals surface area contributed by atoms with Crippen molar-refractivity contribution in [2.24, 2.45) is 0 Å². The Balaban J connectivity index is 2.75. The van der Waals surface area contributed by atoms with Crippen LogP contribution in [0.5, 0.6) is 0 Å². The van der Waals surface area contributed by atoms with Crippen molar-refractivity contribution in [3.8, 4) is 0 Å². The number of benzene rings is 1. The smallest absolute Gasteiger partial charge is 0.0782 e. The van der Waals surface area contributed by atoms with Gasteiger partial charge >= 0.3 is 0 Å². The fraction of sp³-hybridized carbons (Fsp3) is 0.385. The van der Waals surface area contributed by atoms with Crippen molar-refractivity contribution in [3.63, 3.8) is 0 Å². The zero-order chi connectivity index (χ0) is 11.0. The molecule has 0 fully saturated rings. The number of hydrogen-bond acceptors (Lipinski definition) is 1. The largest absolute Gasteiger partial charge is 0.389 e. The summed E-state index contributed by atoms with van der Waals surface area (Å²) in [6.45, 7) is 6.11. The summed E-state index contributed by atoms with van der Waals surface area (Å²) in [5.74, 6) is 0. The molecule has 0 saturated heterocycles. The molecule has 0 aliphatic carbocycles. The van der Waals surface area contributed by atoms with Crippen molar-refractivity contribution >= 4 is 10.9 Å². The van der Waals surface area contributed by atoms with Crippen LogP contribution in [-0.2, 0) is 0 Å². The molecule has 15 heavy (non-hydrogen) atoms. The molecule has 1 atom stereocenters. The summed E-state index contributed by atoms with van der Waals surface area (Å²) in [5, 5.41) is 10.9. The normalized spacial score (nSPS) is 13.7. The average Bonchev–Trinajstić information content (AvgIpc) is 2.60. The number of aliphatic hydroxyl groups excluding tert-OH is 1. The number of hydrogen-bond donors (Lipinski definition) is 1. The van der Waals surface area contributed by atoms with Crippen molar-refractivity contribution in [2.75, 3.05) is 0 Å². The Bertz CT molecular complexity index is 468. The molecule has 1 heterocycles. The zero-order valence-electron chi connectivity index (χ0n) is 9.44. The minimum atomic E-state index is -0.416. The molecule has 2 nitrogen and oxygen atoms in total. The van der Waals surface area contributed by atoms with Gasteiger partial charge in [-0.25, -0.2) is 0 Å². The third-order valence-electron chi connectivity index (χ3n) is 2.78. The van der Waals surface area contributed by atoms with E-state index in [2.05, 4.69) is 36.7 Å². The first-order chi connectivity index (χ1) is 7.11. The van der Waals surface area contributed by atoms with Gasteiger partial charge in [0.1, 0.15) is 0 Å². The summed E-state index contributed by atoms with van der Waals surface area (Å²) in [6, 6.07) is 8.59. The van der Waals surface area contributed by atoms with Crippen LogP contribution in [0.3, 0.4) is 0 Å². The second-order valence-electron chi connectivity index (χ2n) is 4.28. The number of aromatic nitrogens is 1. The van der Waals surface area contributed by atoms with Gasteiger partial charge < -0.3 is 9.67 Å². The Morgan fingerprint density at radius 3 is 2.47 bits per heavy atom. The van der Waals surface area contributed by atoms with Crippen molar-refractivity contribution in [1.29, 1.82) is 0 Å². The van der Waals surface area contributed by atoms with Gasteiger partial charge in [-0.05, 0) is 32.2 Å². The molecule has 1 unspecified atom stereocenters. The molecule has 2 aromatic rings. The molecule has 0 spiro atoms. The molecule has 0 saturated carbocycles. The quantitative estimate of drug-likeness (QED) is 0.796. The Morgan fingerprint density at radius 2 is 1.87 bits per heavy atom. The maximum atomic E-state index is 9.73. The topological polar surface area (TPSA) is 25.2 Å². The van der Waals surface area contributed by atoms with Crippen LogP contribution in [0.4, 0.5) is 0 Å². The molecular weight excluding hydrogens is 186 g/mol. The lowest BCUT2D eigenvalue weighted by molar-refractivity contribution is 0.200. The maximum Gasteiger partial charge on any atom is 0.0782 e. The first kappa shape index (κ1) is 10.2. The van der Waals surface area contributed by atoms with E-state index in [1.807, 2.05) is 19.1 Å². The summed E-state index contributed by atoms with van der Waals surface area (Å²) in [5.41, 5.74) is 2.16. The summed E-state index contributed by atoms with van der Waals surface area (Å²) in [4.78, 5) is 0. The van der Waals surface area contributed by atoms with Crippen LogP contribution in [0.1, 0.15) is 38.5 Å². The van der Waals surface area contributed by atoms with E-state index in [4.69, 9.17) is 0 Å². The standard InChI is InChI=1S/C13H17NO/c1-9(2)14-8-7-11-5-4-6-12(10(3)15)13(11)14/h4-10,15H,1-3H3. The zero-order valence-corrected chi connectivity index (χ0v) is 9.44. The van der Waals surface area contributed by atoms with Crippen molar-refractivity contribution in [3.05, 3.63) is 36.0 Å². The molecule has 0 aliphatic rings. The number of rotatable bonds is 2. The average molecular weight is 203 g/mol. The fourth-order valence-electron chi connectivity index (χ4n) is 2.02. The Morgan fingerprint density at radius 1 is 1.13 bits per heavy atom. The summed E-state index contributed by atoms with van der Waals surface area (Å²) < 4.78 is 2.21. The van der Waals surface area contributed by atoms with Gasteiger partial charge in [-0.1, -0.05) is 18.2 Å². The molecule has 2 rings (SSSR count). The molecule has 0 aliphatic heterocycles. The molecule has 0 radical (unpaired) electrons. The van der Waals surface area contributed by atoms with E-state index in [1.54, 1.807) is 0 Å². The number of nitrogens with zero attached hydrogens (tertiary/aromatic N) is 1. The molecular formula is C13H17NO. The van der Waals surface area contributed by atoms with Gasteiger partial charge in [-0.2, -0.15) is 0 Å². The highest BCUT2D eigenvalue weighted by molar-refractivity contribution is 5.83. The van der Waals surface area contributed by atoms with Gasteiger partial charge in [0, 0.05) is 17.8 Å².